The molecular formula is C36H32O6S. The third-order valence-corrected chi connectivity index (χ3v) is 8.00. The standard InChI is InChI=1S/C36H32O6S/c1-39-35-23-28(17-19-33(35)41-26-30-13-7-3-8-14-30)21-22-43(37,38)36-24-32(40-25-29-11-5-2-6-12-29)18-20-34(36)42-27-31-15-9-4-10-16-31/h2-24H,25-27H2,1H3/b22-21+. The fraction of sp³-hybridized carbons (Fsp3) is 0.111. The van der Waals surface area contributed by atoms with E-state index in [4.69, 9.17) is 18.9 Å². The lowest BCUT2D eigenvalue weighted by Gasteiger charge is -2.14. The van der Waals surface area contributed by atoms with Crippen molar-refractivity contribution in [2.75, 3.05) is 7.11 Å². The molecule has 0 unspecified atom stereocenters. The molecule has 6 nitrogen and oxygen atoms in total. The Balaban J connectivity index is 1.37. The van der Waals surface area contributed by atoms with Crippen molar-refractivity contribution in [3.63, 3.8) is 0 Å². The van der Waals surface area contributed by atoms with Gasteiger partial charge in [-0.25, -0.2) is 8.42 Å². The molecule has 5 aromatic carbocycles. The third kappa shape index (κ3) is 8.27. The van der Waals surface area contributed by atoms with Gasteiger partial charge >= 0.3 is 0 Å². The molecule has 43 heavy (non-hydrogen) atoms. The van der Waals surface area contributed by atoms with Crippen molar-refractivity contribution in [1.82, 2.24) is 0 Å². The second kappa shape index (κ2) is 14.2. The zero-order valence-corrected chi connectivity index (χ0v) is 24.6. The van der Waals surface area contributed by atoms with E-state index in [0.717, 1.165) is 22.1 Å². The van der Waals surface area contributed by atoms with E-state index in [9.17, 15) is 8.42 Å². The Labute approximate surface area is 252 Å². The van der Waals surface area contributed by atoms with Crippen LogP contribution in [0.15, 0.2) is 138 Å². The Morgan fingerprint density at radius 1 is 0.558 bits per heavy atom. The van der Waals surface area contributed by atoms with E-state index in [1.54, 1.807) is 37.4 Å². The summed E-state index contributed by atoms with van der Waals surface area (Å²) in [4.78, 5) is 0.0139. The molecule has 0 aliphatic heterocycles. The fourth-order valence-corrected chi connectivity index (χ4v) is 5.45. The highest BCUT2D eigenvalue weighted by Gasteiger charge is 2.19. The number of sulfone groups is 1. The summed E-state index contributed by atoms with van der Waals surface area (Å²) in [6.07, 6.45) is 1.53. The van der Waals surface area contributed by atoms with Crippen LogP contribution in [0.1, 0.15) is 22.3 Å². The van der Waals surface area contributed by atoms with Gasteiger partial charge in [-0.15, -0.1) is 0 Å². The maximum atomic E-state index is 13.7. The average molecular weight is 593 g/mol. The number of benzene rings is 5. The molecule has 0 heterocycles. The van der Waals surface area contributed by atoms with Gasteiger partial charge in [-0.1, -0.05) is 97.1 Å². The zero-order chi connectivity index (χ0) is 29.9. The van der Waals surface area contributed by atoms with Crippen LogP contribution in [0.2, 0.25) is 0 Å². The van der Waals surface area contributed by atoms with Gasteiger partial charge in [-0.05, 0) is 52.6 Å². The zero-order valence-electron chi connectivity index (χ0n) is 23.8. The Morgan fingerprint density at radius 3 is 1.63 bits per heavy atom. The second-order valence-corrected chi connectivity index (χ2v) is 11.5. The van der Waals surface area contributed by atoms with Gasteiger partial charge in [-0.3, -0.25) is 0 Å². The van der Waals surface area contributed by atoms with Gasteiger partial charge in [0.15, 0.2) is 11.5 Å². The molecule has 5 rings (SSSR count). The molecule has 0 aromatic heterocycles. The van der Waals surface area contributed by atoms with Crippen molar-refractivity contribution in [2.45, 2.75) is 24.7 Å². The van der Waals surface area contributed by atoms with E-state index in [1.807, 2.05) is 91.0 Å². The molecule has 0 spiro atoms. The summed E-state index contributed by atoms with van der Waals surface area (Å²) in [5, 5.41) is 1.16. The molecule has 0 saturated carbocycles. The largest absolute Gasteiger partial charge is 0.493 e. The minimum atomic E-state index is -3.93. The summed E-state index contributed by atoms with van der Waals surface area (Å²) in [6, 6.07) is 39.2. The van der Waals surface area contributed by atoms with Gasteiger partial charge in [0.25, 0.3) is 0 Å². The molecule has 0 bridgehead atoms. The first kappa shape index (κ1) is 29.5. The molecule has 7 heteroatoms. The molecule has 0 radical (unpaired) electrons. The number of methoxy groups -OCH3 is 1. The third-order valence-electron chi connectivity index (χ3n) is 6.57. The van der Waals surface area contributed by atoms with Gasteiger partial charge in [0.2, 0.25) is 9.84 Å². The van der Waals surface area contributed by atoms with Gasteiger partial charge in [0.1, 0.15) is 36.2 Å². The molecule has 5 aromatic rings. The minimum Gasteiger partial charge on any atom is -0.493 e. The smallest absolute Gasteiger partial charge is 0.203 e. The first-order valence-corrected chi connectivity index (χ1v) is 15.3. The first-order valence-electron chi connectivity index (χ1n) is 13.8. The summed E-state index contributed by atoms with van der Waals surface area (Å²) in [5.41, 5.74) is 3.56. The summed E-state index contributed by atoms with van der Waals surface area (Å²) in [5.74, 6) is 1.72. The summed E-state index contributed by atoms with van der Waals surface area (Å²) in [7, 11) is -2.38. The van der Waals surface area contributed by atoms with Crippen molar-refractivity contribution in [3.8, 4) is 23.0 Å². The molecule has 0 aliphatic carbocycles. The molecule has 0 saturated heterocycles. The van der Waals surface area contributed by atoms with Crippen molar-refractivity contribution in [2.24, 2.45) is 0 Å². The maximum absolute atomic E-state index is 13.7. The van der Waals surface area contributed by atoms with Gasteiger partial charge in [-0.2, -0.15) is 0 Å². The quantitative estimate of drug-likeness (QED) is 0.139. The van der Waals surface area contributed by atoms with Crippen LogP contribution < -0.4 is 18.9 Å². The summed E-state index contributed by atoms with van der Waals surface area (Å²) in [6.45, 7) is 0.910. The highest BCUT2D eigenvalue weighted by Crippen LogP contribution is 2.33. The Kier molecular flexibility index (Phi) is 9.77. The molecule has 0 amide bonds. The summed E-state index contributed by atoms with van der Waals surface area (Å²) < 4.78 is 50.7. The van der Waals surface area contributed by atoms with E-state index in [-0.39, 0.29) is 17.3 Å². The predicted octanol–water partition coefficient (Wildman–Crippen LogP) is 7.88. The van der Waals surface area contributed by atoms with E-state index >= 15 is 0 Å². The van der Waals surface area contributed by atoms with Crippen molar-refractivity contribution in [3.05, 3.63) is 155 Å². The predicted molar refractivity (Wildman–Crippen MR) is 168 cm³/mol. The van der Waals surface area contributed by atoms with Crippen molar-refractivity contribution < 1.29 is 27.4 Å². The molecule has 0 N–H and O–H groups in total. The summed E-state index contributed by atoms with van der Waals surface area (Å²) >= 11 is 0. The van der Waals surface area contributed by atoms with Crippen LogP contribution in [0.4, 0.5) is 0 Å². The van der Waals surface area contributed by atoms with Crippen LogP contribution in [0.5, 0.6) is 23.0 Å². The Morgan fingerprint density at radius 2 is 1.07 bits per heavy atom. The maximum Gasteiger partial charge on any atom is 0.203 e. The molecule has 218 valence electrons. The highest BCUT2D eigenvalue weighted by molar-refractivity contribution is 7.94. The Hall–Kier alpha value is -5.01. The number of hydrogen-bond acceptors (Lipinski definition) is 6. The SMILES string of the molecule is COc1cc(/C=C/S(=O)(=O)c2cc(OCc3ccccc3)ccc2OCc2ccccc2)ccc1OCc1ccccc1. The number of ether oxygens (including phenoxy) is 4. The van der Waals surface area contributed by atoms with Gasteiger partial charge in [0, 0.05) is 11.5 Å². The lowest BCUT2D eigenvalue weighted by molar-refractivity contribution is 0.284. The minimum absolute atomic E-state index is 0.0139. The normalized spacial score (nSPS) is 11.3. The molecule has 0 aliphatic rings. The first-order chi connectivity index (χ1) is 21.0. The Bertz CT molecular complexity index is 1750. The van der Waals surface area contributed by atoms with Crippen molar-refractivity contribution in [1.29, 1.82) is 0 Å². The molecule has 0 fully saturated rings. The molecular weight excluding hydrogens is 560 g/mol. The lowest BCUT2D eigenvalue weighted by atomic mass is 10.2. The van der Waals surface area contributed by atoms with Crippen LogP contribution in [0.25, 0.3) is 6.08 Å². The van der Waals surface area contributed by atoms with Crippen LogP contribution in [-0.4, -0.2) is 15.5 Å². The van der Waals surface area contributed by atoms with E-state index in [1.165, 1.54) is 12.1 Å². The fourth-order valence-electron chi connectivity index (χ4n) is 4.28. The second-order valence-electron chi connectivity index (χ2n) is 9.69. The van der Waals surface area contributed by atoms with Crippen LogP contribution in [0, 0.1) is 0 Å². The van der Waals surface area contributed by atoms with E-state index < -0.39 is 9.84 Å². The van der Waals surface area contributed by atoms with Gasteiger partial charge in [0.05, 0.1) is 7.11 Å². The number of hydrogen-bond donors (Lipinski definition) is 0. The topological polar surface area (TPSA) is 71.1 Å². The van der Waals surface area contributed by atoms with Crippen LogP contribution in [0.3, 0.4) is 0 Å². The van der Waals surface area contributed by atoms with E-state index in [2.05, 4.69) is 0 Å². The molecule has 0 atom stereocenters. The average Bonchev–Trinajstić information content (AvgIpc) is 3.06. The van der Waals surface area contributed by atoms with Crippen LogP contribution >= 0.6 is 0 Å². The number of rotatable bonds is 13. The van der Waals surface area contributed by atoms with E-state index in [0.29, 0.717) is 36.0 Å². The van der Waals surface area contributed by atoms with Crippen LogP contribution in [-0.2, 0) is 29.7 Å². The van der Waals surface area contributed by atoms with Gasteiger partial charge < -0.3 is 18.9 Å². The lowest BCUT2D eigenvalue weighted by Crippen LogP contribution is -2.04. The highest BCUT2D eigenvalue weighted by atomic mass is 32.2. The van der Waals surface area contributed by atoms with Crippen molar-refractivity contribution >= 4 is 15.9 Å². The monoisotopic (exact) mass is 592 g/mol.